The van der Waals surface area contributed by atoms with Gasteiger partial charge < -0.3 is 15.8 Å². The maximum atomic E-state index is 5.87. The Balaban J connectivity index is 1.83. The van der Waals surface area contributed by atoms with Crippen LogP contribution in [-0.2, 0) is 6.42 Å². The van der Waals surface area contributed by atoms with Gasteiger partial charge in [-0.05, 0) is 36.4 Å². The molecule has 0 saturated heterocycles. The molecule has 2 aromatic rings. The van der Waals surface area contributed by atoms with Crippen molar-refractivity contribution < 1.29 is 4.74 Å². The third-order valence-corrected chi connectivity index (χ3v) is 3.92. The van der Waals surface area contributed by atoms with E-state index in [4.69, 9.17) is 22.1 Å². The lowest BCUT2D eigenvalue weighted by Gasteiger charge is -2.06. The van der Waals surface area contributed by atoms with Crippen LogP contribution in [0.25, 0.3) is 0 Å². The number of thiophene rings is 1. The summed E-state index contributed by atoms with van der Waals surface area (Å²) >= 11 is 7.44. The molecule has 0 atom stereocenters. The number of rotatable bonds is 5. The van der Waals surface area contributed by atoms with Crippen LogP contribution < -0.4 is 15.8 Å². The average Bonchev–Trinajstić information content (AvgIpc) is 2.85. The Bertz CT molecular complexity index is 580. The predicted octanol–water partition coefficient (Wildman–Crippen LogP) is 3.38. The second-order valence-electron chi connectivity index (χ2n) is 4.08. The molecule has 3 N–H and O–H groups in total. The van der Waals surface area contributed by atoms with E-state index >= 15 is 0 Å². The lowest BCUT2D eigenvalue weighted by Crippen LogP contribution is -2.23. The van der Waals surface area contributed by atoms with E-state index in [0.717, 1.165) is 22.2 Å². The molecule has 0 saturated carbocycles. The average molecular weight is 310 g/mol. The minimum Gasteiger partial charge on any atom is -0.497 e. The molecule has 1 aromatic heterocycles. The van der Waals surface area contributed by atoms with Crippen LogP contribution in [0.15, 0.2) is 41.4 Å². The maximum absolute atomic E-state index is 5.87. The maximum Gasteiger partial charge on any atom is 0.193 e. The van der Waals surface area contributed by atoms with Crippen LogP contribution in [0.4, 0.5) is 5.69 Å². The van der Waals surface area contributed by atoms with Crippen LogP contribution in [-0.4, -0.2) is 19.6 Å². The Kier molecular flexibility index (Phi) is 5.26. The Labute approximate surface area is 127 Å². The van der Waals surface area contributed by atoms with Crippen LogP contribution >= 0.6 is 22.9 Å². The SMILES string of the molecule is COc1ccc(NC(N)=NCCc2ccc(Cl)s2)cc1. The summed E-state index contributed by atoms with van der Waals surface area (Å²) < 4.78 is 5.89. The van der Waals surface area contributed by atoms with Gasteiger partial charge in [0.25, 0.3) is 0 Å². The molecule has 0 aliphatic carbocycles. The Morgan fingerprint density at radius 1 is 1.30 bits per heavy atom. The monoisotopic (exact) mass is 309 g/mol. The van der Waals surface area contributed by atoms with E-state index in [2.05, 4.69) is 10.3 Å². The Hall–Kier alpha value is -1.72. The second kappa shape index (κ2) is 7.17. The van der Waals surface area contributed by atoms with Crippen LogP contribution in [0.5, 0.6) is 5.75 Å². The van der Waals surface area contributed by atoms with Gasteiger partial charge in [0.05, 0.1) is 11.4 Å². The van der Waals surface area contributed by atoms with E-state index in [1.165, 1.54) is 4.88 Å². The van der Waals surface area contributed by atoms with Crippen molar-refractivity contribution >= 4 is 34.6 Å². The Morgan fingerprint density at radius 3 is 2.65 bits per heavy atom. The molecule has 0 spiro atoms. The van der Waals surface area contributed by atoms with Gasteiger partial charge in [-0.1, -0.05) is 11.6 Å². The molecule has 4 nitrogen and oxygen atoms in total. The molecule has 0 amide bonds. The number of nitrogens with zero attached hydrogens (tertiary/aromatic N) is 1. The topological polar surface area (TPSA) is 59.6 Å². The molecule has 2 rings (SSSR count). The molecular formula is C14H16ClN3OS. The number of guanidine groups is 1. The van der Waals surface area contributed by atoms with Crippen molar-refractivity contribution in [2.75, 3.05) is 19.0 Å². The van der Waals surface area contributed by atoms with Gasteiger partial charge in [-0.2, -0.15) is 0 Å². The summed E-state index contributed by atoms with van der Waals surface area (Å²) in [6, 6.07) is 11.4. The normalized spacial score (nSPS) is 11.4. The number of nitrogens with one attached hydrogen (secondary N) is 1. The summed E-state index contributed by atoms with van der Waals surface area (Å²) in [5.41, 5.74) is 6.71. The largest absolute Gasteiger partial charge is 0.497 e. The smallest absolute Gasteiger partial charge is 0.193 e. The molecular weight excluding hydrogens is 294 g/mol. The molecule has 20 heavy (non-hydrogen) atoms. The highest BCUT2D eigenvalue weighted by atomic mass is 35.5. The molecule has 6 heteroatoms. The van der Waals surface area contributed by atoms with Gasteiger partial charge in [-0.25, -0.2) is 0 Å². The number of aliphatic imine (C=N–C) groups is 1. The van der Waals surface area contributed by atoms with Crippen molar-refractivity contribution in [1.82, 2.24) is 0 Å². The number of benzene rings is 1. The molecule has 0 aliphatic rings. The predicted molar refractivity (Wildman–Crippen MR) is 86.1 cm³/mol. The first kappa shape index (κ1) is 14.7. The van der Waals surface area contributed by atoms with E-state index < -0.39 is 0 Å². The van der Waals surface area contributed by atoms with E-state index in [0.29, 0.717) is 12.5 Å². The van der Waals surface area contributed by atoms with Gasteiger partial charge in [0.15, 0.2) is 5.96 Å². The highest BCUT2D eigenvalue weighted by molar-refractivity contribution is 7.16. The summed E-state index contributed by atoms with van der Waals surface area (Å²) in [5.74, 6) is 1.21. The molecule has 0 bridgehead atoms. The number of methoxy groups -OCH3 is 1. The van der Waals surface area contributed by atoms with Gasteiger partial charge in [-0.15, -0.1) is 11.3 Å². The lowest BCUT2D eigenvalue weighted by molar-refractivity contribution is 0.415. The van der Waals surface area contributed by atoms with E-state index in [9.17, 15) is 0 Å². The number of anilines is 1. The number of nitrogens with two attached hydrogens (primary N) is 1. The van der Waals surface area contributed by atoms with Gasteiger partial charge in [0, 0.05) is 23.5 Å². The lowest BCUT2D eigenvalue weighted by atomic mass is 10.3. The quantitative estimate of drug-likeness (QED) is 0.657. The van der Waals surface area contributed by atoms with Gasteiger partial charge in [-0.3, -0.25) is 4.99 Å². The fourth-order valence-corrected chi connectivity index (χ4v) is 2.71. The molecule has 106 valence electrons. The third-order valence-electron chi connectivity index (χ3n) is 2.63. The van der Waals surface area contributed by atoms with Crippen LogP contribution in [0, 0.1) is 0 Å². The van der Waals surface area contributed by atoms with Crippen molar-refractivity contribution in [3.63, 3.8) is 0 Å². The van der Waals surface area contributed by atoms with Crippen molar-refractivity contribution in [2.24, 2.45) is 10.7 Å². The first-order chi connectivity index (χ1) is 9.67. The highest BCUT2D eigenvalue weighted by Crippen LogP contribution is 2.21. The van der Waals surface area contributed by atoms with E-state index in [1.807, 2.05) is 36.4 Å². The summed E-state index contributed by atoms with van der Waals surface area (Å²) in [7, 11) is 1.63. The van der Waals surface area contributed by atoms with Crippen molar-refractivity contribution in [2.45, 2.75) is 6.42 Å². The standard InChI is InChI=1S/C14H16ClN3OS/c1-19-11-4-2-10(3-5-11)18-14(16)17-9-8-12-6-7-13(15)20-12/h2-7H,8-9H2,1H3,(H3,16,17,18). The van der Waals surface area contributed by atoms with Crippen LogP contribution in [0.3, 0.4) is 0 Å². The van der Waals surface area contributed by atoms with Crippen molar-refractivity contribution in [1.29, 1.82) is 0 Å². The summed E-state index contributed by atoms with van der Waals surface area (Å²) in [6.45, 7) is 0.631. The van der Waals surface area contributed by atoms with Crippen LogP contribution in [0.2, 0.25) is 4.34 Å². The molecule has 0 radical (unpaired) electrons. The van der Waals surface area contributed by atoms with E-state index in [-0.39, 0.29) is 0 Å². The summed E-state index contributed by atoms with van der Waals surface area (Å²) in [5, 5.41) is 3.03. The first-order valence-corrected chi connectivity index (χ1v) is 7.32. The van der Waals surface area contributed by atoms with Crippen molar-refractivity contribution in [3.05, 3.63) is 45.6 Å². The number of halogens is 1. The van der Waals surface area contributed by atoms with Crippen LogP contribution in [0.1, 0.15) is 4.88 Å². The number of hydrogen-bond donors (Lipinski definition) is 2. The van der Waals surface area contributed by atoms with Gasteiger partial charge >= 0.3 is 0 Å². The number of hydrogen-bond acceptors (Lipinski definition) is 3. The molecule has 0 aliphatic heterocycles. The van der Waals surface area contributed by atoms with E-state index in [1.54, 1.807) is 18.4 Å². The van der Waals surface area contributed by atoms with Crippen molar-refractivity contribution in [3.8, 4) is 5.75 Å². The fraction of sp³-hybridized carbons (Fsp3) is 0.214. The highest BCUT2D eigenvalue weighted by Gasteiger charge is 1.99. The zero-order chi connectivity index (χ0) is 14.4. The first-order valence-electron chi connectivity index (χ1n) is 6.12. The molecule has 0 unspecified atom stereocenters. The fourth-order valence-electron chi connectivity index (χ4n) is 1.63. The zero-order valence-electron chi connectivity index (χ0n) is 11.1. The third kappa shape index (κ3) is 4.43. The Morgan fingerprint density at radius 2 is 2.05 bits per heavy atom. The molecule has 1 aromatic carbocycles. The summed E-state index contributed by atoms with van der Waals surface area (Å²) in [4.78, 5) is 5.49. The second-order valence-corrected chi connectivity index (χ2v) is 5.88. The molecule has 1 heterocycles. The summed E-state index contributed by atoms with van der Waals surface area (Å²) in [6.07, 6.45) is 0.836. The minimum absolute atomic E-state index is 0.401. The number of ether oxygens (including phenoxy) is 1. The minimum atomic E-state index is 0.401. The molecule has 0 fully saturated rings. The van der Waals surface area contributed by atoms with Gasteiger partial charge in [0.1, 0.15) is 5.75 Å². The van der Waals surface area contributed by atoms with Gasteiger partial charge in [0.2, 0.25) is 0 Å². The zero-order valence-corrected chi connectivity index (χ0v) is 12.7.